The van der Waals surface area contributed by atoms with E-state index in [4.69, 9.17) is 9.84 Å². The minimum Gasteiger partial charge on any atom is -0.484 e. The van der Waals surface area contributed by atoms with E-state index < -0.39 is 24.0 Å². The Bertz CT molecular complexity index is 521. The zero-order chi connectivity index (χ0) is 14.7. The van der Waals surface area contributed by atoms with Crippen molar-refractivity contribution in [3.63, 3.8) is 0 Å². The van der Waals surface area contributed by atoms with E-state index in [0.717, 1.165) is 9.37 Å². The number of β-amino-alcohol motifs (C(OH)–C–C–N with tert-alkyl or cyclic N) is 1. The molecule has 0 aliphatic carbocycles. The van der Waals surface area contributed by atoms with Crippen molar-refractivity contribution in [3.8, 4) is 5.75 Å². The van der Waals surface area contributed by atoms with E-state index in [9.17, 15) is 14.7 Å². The van der Waals surface area contributed by atoms with E-state index >= 15 is 0 Å². The molecule has 0 aromatic heterocycles. The highest BCUT2D eigenvalue weighted by atomic mass is 79.9. The van der Waals surface area contributed by atoms with Gasteiger partial charge < -0.3 is 19.8 Å². The van der Waals surface area contributed by atoms with Crippen molar-refractivity contribution in [1.29, 1.82) is 0 Å². The predicted molar refractivity (Wildman–Crippen MR) is 73.4 cm³/mol. The number of nitrogens with zero attached hydrogens (tertiary/aromatic N) is 1. The molecule has 1 aromatic carbocycles. The van der Waals surface area contributed by atoms with Crippen molar-refractivity contribution >= 4 is 27.8 Å². The molecule has 1 heterocycles. The molecule has 2 atom stereocenters. The van der Waals surface area contributed by atoms with Crippen molar-refractivity contribution < 1.29 is 24.5 Å². The largest absolute Gasteiger partial charge is 0.484 e. The van der Waals surface area contributed by atoms with Gasteiger partial charge in [0.1, 0.15) is 11.8 Å². The Hall–Kier alpha value is -1.60. The highest BCUT2D eigenvalue weighted by Crippen LogP contribution is 2.20. The number of carbonyl (C=O) groups excluding carboxylic acids is 1. The molecule has 1 aromatic rings. The summed E-state index contributed by atoms with van der Waals surface area (Å²) in [5, 5.41) is 18.5. The molecule has 0 radical (unpaired) electrons. The Labute approximate surface area is 124 Å². The van der Waals surface area contributed by atoms with Gasteiger partial charge in [-0.2, -0.15) is 0 Å². The number of hydrogen-bond acceptors (Lipinski definition) is 4. The van der Waals surface area contributed by atoms with Gasteiger partial charge in [-0.25, -0.2) is 4.79 Å². The second-order valence-electron chi connectivity index (χ2n) is 4.54. The molecule has 0 bridgehead atoms. The summed E-state index contributed by atoms with van der Waals surface area (Å²) in [7, 11) is 0. The first-order valence-electron chi connectivity index (χ1n) is 6.06. The van der Waals surface area contributed by atoms with Crippen molar-refractivity contribution in [3.05, 3.63) is 28.7 Å². The summed E-state index contributed by atoms with van der Waals surface area (Å²) in [5.74, 6) is -1.05. The Morgan fingerprint density at radius 3 is 2.85 bits per heavy atom. The zero-order valence-electron chi connectivity index (χ0n) is 10.5. The number of likely N-dealkylation sites (tertiary alicyclic amines) is 1. The molecule has 0 spiro atoms. The summed E-state index contributed by atoms with van der Waals surface area (Å²) < 4.78 is 6.15. The molecule has 1 fully saturated rings. The van der Waals surface area contributed by atoms with Gasteiger partial charge in [-0.3, -0.25) is 4.79 Å². The zero-order valence-corrected chi connectivity index (χ0v) is 12.1. The number of halogens is 1. The first-order valence-corrected chi connectivity index (χ1v) is 6.85. The molecule has 20 heavy (non-hydrogen) atoms. The highest BCUT2D eigenvalue weighted by Gasteiger charge is 2.38. The molecule has 108 valence electrons. The van der Waals surface area contributed by atoms with Crippen molar-refractivity contribution in [2.24, 2.45) is 0 Å². The number of hydrogen-bond donors (Lipinski definition) is 2. The number of aliphatic hydroxyl groups is 1. The van der Waals surface area contributed by atoms with Gasteiger partial charge >= 0.3 is 5.97 Å². The lowest BCUT2D eigenvalue weighted by molar-refractivity contribution is -0.148. The molecule has 6 nitrogen and oxygen atoms in total. The summed E-state index contributed by atoms with van der Waals surface area (Å²) in [6.07, 6.45) is -0.747. The summed E-state index contributed by atoms with van der Waals surface area (Å²) in [6.45, 7) is -0.232. The Morgan fingerprint density at radius 2 is 2.20 bits per heavy atom. The molecule has 0 saturated carbocycles. The summed E-state index contributed by atoms with van der Waals surface area (Å²) in [4.78, 5) is 24.2. The van der Waals surface area contributed by atoms with Crippen LogP contribution in [-0.2, 0) is 9.59 Å². The third-order valence-corrected chi connectivity index (χ3v) is 3.54. The van der Waals surface area contributed by atoms with Crippen LogP contribution in [-0.4, -0.2) is 52.3 Å². The maximum atomic E-state index is 12.0. The molecular weight excluding hydrogens is 330 g/mol. The van der Waals surface area contributed by atoms with Crippen molar-refractivity contribution in [2.75, 3.05) is 13.2 Å². The second-order valence-corrected chi connectivity index (χ2v) is 5.45. The lowest BCUT2D eigenvalue weighted by Gasteiger charge is -2.21. The third kappa shape index (κ3) is 3.49. The number of carboxylic acids is 1. The quantitative estimate of drug-likeness (QED) is 0.847. The van der Waals surface area contributed by atoms with Crippen LogP contribution in [0.5, 0.6) is 5.75 Å². The number of carboxylic acid groups (broad SMARTS) is 1. The number of amides is 1. The molecule has 1 aliphatic heterocycles. The summed E-state index contributed by atoms with van der Waals surface area (Å²) in [5.41, 5.74) is 0. The number of aliphatic carboxylic acids is 1. The molecule has 2 rings (SSSR count). The van der Waals surface area contributed by atoms with Crippen LogP contribution in [0, 0.1) is 0 Å². The molecular formula is C13H14BrNO5. The SMILES string of the molecule is O=C(O)[C@H]1C[C@@H](O)CN1C(=O)COc1cccc(Br)c1. The van der Waals surface area contributed by atoms with Crippen LogP contribution in [0.2, 0.25) is 0 Å². The normalized spacial score (nSPS) is 21.8. The van der Waals surface area contributed by atoms with Crippen LogP contribution in [0.4, 0.5) is 0 Å². The van der Waals surface area contributed by atoms with Gasteiger partial charge in [0.25, 0.3) is 5.91 Å². The lowest BCUT2D eigenvalue weighted by atomic mass is 10.2. The molecule has 1 aliphatic rings. The van der Waals surface area contributed by atoms with Gasteiger partial charge in [-0.1, -0.05) is 22.0 Å². The molecule has 2 N–H and O–H groups in total. The molecule has 7 heteroatoms. The first-order chi connectivity index (χ1) is 9.47. The fourth-order valence-corrected chi connectivity index (χ4v) is 2.49. The van der Waals surface area contributed by atoms with Gasteiger partial charge in [-0.05, 0) is 18.2 Å². The van der Waals surface area contributed by atoms with Crippen LogP contribution in [0.3, 0.4) is 0 Å². The monoisotopic (exact) mass is 343 g/mol. The highest BCUT2D eigenvalue weighted by molar-refractivity contribution is 9.10. The number of carbonyl (C=O) groups is 2. The Morgan fingerprint density at radius 1 is 1.45 bits per heavy atom. The Kier molecular flexibility index (Phi) is 4.61. The van der Waals surface area contributed by atoms with E-state index in [1.807, 2.05) is 6.07 Å². The number of rotatable bonds is 4. The first kappa shape index (κ1) is 14.8. The number of aliphatic hydroxyl groups excluding tert-OH is 1. The number of ether oxygens (including phenoxy) is 1. The average molecular weight is 344 g/mol. The lowest BCUT2D eigenvalue weighted by Crippen LogP contribution is -2.42. The maximum Gasteiger partial charge on any atom is 0.326 e. The van der Waals surface area contributed by atoms with Gasteiger partial charge in [0.05, 0.1) is 6.10 Å². The van der Waals surface area contributed by atoms with E-state index in [-0.39, 0.29) is 19.6 Å². The second kappa shape index (κ2) is 6.23. The van der Waals surface area contributed by atoms with E-state index in [1.54, 1.807) is 18.2 Å². The van der Waals surface area contributed by atoms with Crippen LogP contribution in [0.1, 0.15) is 6.42 Å². The minimum absolute atomic E-state index is 0.0254. The standard InChI is InChI=1S/C13H14BrNO5/c14-8-2-1-3-10(4-8)20-7-12(17)15-6-9(16)5-11(15)13(18)19/h1-4,9,11,16H,5-7H2,(H,18,19)/t9-,11-/m1/s1. The van der Waals surface area contributed by atoms with Gasteiger partial charge in [-0.15, -0.1) is 0 Å². The third-order valence-electron chi connectivity index (χ3n) is 3.04. The van der Waals surface area contributed by atoms with Gasteiger partial charge in [0.2, 0.25) is 0 Å². The van der Waals surface area contributed by atoms with E-state index in [0.29, 0.717) is 5.75 Å². The van der Waals surface area contributed by atoms with Gasteiger partial charge in [0, 0.05) is 17.4 Å². The average Bonchev–Trinajstić information content (AvgIpc) is 2.78. The summed E-state index contributed by atoms with van der Waals surface area (Å²) >= 11 is 3.29. The Balaban J connectivity index is 1.96. The van der Waals surface area contributed by atoms with Gasteiger partial charge in [0.15, 0.2) is 6.61 Å². The fraction of sp³-hybridized carbons (Fsp3) is 0.385. The molecule has 0 unspecified atom stereocenters. The topological polar surface area (TPSA) is 87.1 Å². The van der Waals surface area contributed by atoms with Crippen molar-refractivity contribution in [2.45, 2.75) is 18.6 Å². The minimum atomic E-state index is -1.11. The van der Waals surface area contributed by atoms with Crippen LogP contribution in [0.25, 0.3) is 0 Å². The van der Waals surface area contributed by atoms with Crippen LogP contribution >= 0.6 is 15.9 Å². The maximum absolute atomic E-state index is 12.0. The molecule has 1 saturated heterocycles. The predicted octanol–water partition coefficient (Wildman–Crippen LogP) is 0.874. The number of benzene rings is 1. The van der Waals surface area contributed by atoms with E-state index in [1.165, 1.54) is 0 Å². The van der Waals surface area contributed by atoms with E-state index in [2.05, 4.69) is 15.9 Å². The fourth-order valence-electron chi connectivity index (χ4n) is 2.11. The summed E-state index contributed by atoms with van der Waals surface area (Å²) in [6, 6.07) is 6.02. The van der Waals surface area contributed by atoms with Crippen LogP contribution < -0.4 is 4.74 Å². The smallest absolute Gasteiger partial charge is 0.326 e. The molecule has 1 amide bonds. The van der Waals surface area contributed by atoms with Crippen molar-refractivity contribution in [1.82, 2.24) is 4.90 Å². The van der Waals surface area contributed by atoms with Crippen LogP contribution in [0.15, 0.2) is 28.7 Å².